The highest BCUT2D eigenvalue weighted by Gasteiger charge is 2.21. The number of nitrogens with zero attached hydrogens (tertiary/aromatic N) is 1. The number of aliphatic hydroxyl groups is 1. The molecule has 0 aliphatic carbocycles. The Hall–Kier alpha value is -0.120. The van der Waals surface area contributed by atoms with Gasteiger partial charge in [-0.25, -0.2) is 0 Å². The van der Waals surface area contributed by atoms with E-state index in [1.165, 1.54) is 0 Å². The van der Waals surface area contributed by atoms with E-state index < -0.39 is 0 Å². The number of nitrogens with one attached hydrogen (secondary N) is 1. The molecule has 0 amide bonds. The Balaban J connectivity index is 3.85. The summed E-state index contributed by atoms with van der Waals surface area (Å²) in [6.45, 7) is 7.59. The zero-order valence-electron chi connectivity index (χ0n) is 9.59. The van der Waals surface area contributed by atoms with E-state index in [1.807, 2.05) is 14.0 Å². The predicted octanol–water partition coefficient (Wildman–Crippen LogP) is 0.687. The summed E-state index contributed by atoms with van der Waals surface area (Å²) in [6, 6.07) is 0.569. The molecule has 80 valence electrons. The van der Waals surface area contributed by atoms with Gasteiger partial charge in [0, 0.05) is 11.6 Å². The minimum absolute atomic E-state index is 0.136. The summed E-state index contributed by atoms with van der Waals surface area (Å²) in [7, 11) is 4.00. The van der Waals surface area contributed by atoms with E-state index in [2.05, 4.69) is 31.1 Å². The molecule has 0 radical (unpaired) electrons. The van der Waals surface area contributed by atoms with E-state index in [9.17, 15) is 0 Å². The molecule has 2 N–H and O–H groups in total. The van der Waals surface area contributed by atoms with Crippen molar-refractivity contribution in [2.75, 3.05) is 27.2 Å². The zero-order valence-corrected chi connectivity index (χ0v) is 9.59. The van der Waals surface area contributed by atoms with E-state index in [1.54, 1.807) is 0 Å². The van der Waals surface area contributed by atoms with Crippen LogP contribution in [0.1, 0.15) is 27.2 Å². The molecule has 0 aliphatic heterocycles. The van der Waals surface area contributed by atoms with Crippen LogP contribution in [-0.4, -0.2) is 48.8 Å². The average molecular weight is 188 g/mol. The first-order valence-corrected chi connectivity index (χ1v) is 4.95. The highest BCUT2D eigenvalue weighted by atomic mass is 16.3. The maximum absolute atomic E-state index is 9.16. The van der Waals surface area contributed by atoms with E-state index >= 15 is 0 Å². The molecule has 1 unspecified atom stereocenters. The molecule has 0 spiro atoms. The highest BCUT2D eigenvalue weighted by molar-refractivity contribution is 4.81. The van der Waals surface area contributed by atoms with Gasteiger partial charge in [0.1, 0.15) is 0 Å². The monoisotopic (exact) mass is 188 g/mol. The second kappa shape index (κ2) is 5.58. The maximum Gasteiger partial charge on any atom is 0.0610 e. The molecule has 13 heavy (non-hydrogen) atoms. The zero-order chi connectivity index (χ0) is 10.5. The Kier molecular flexibility index (Phi) is 5.53. The lowest BCUT2D eigenvalue weighted by molar-refractivity contribution is 0.151. The number of hydrogen-bond acceptors (Lipinski definition) is 3. The van der Waals surface area contributed by atoms with Gasteiger partial charge in [-0.15, -0.1) is 0 Å². The second-order valence-electron chi connectivity index (χ2n) is 4.29. The molecule has 0 saturated carbocycles. The lowest BCUT2D eigenvalue weighted by Crippen LogP contribution is -2.46. The van der Waals surface area contributed by atoms with Crippen molar-refractivity contribution in [3.8, 4) is 0 Å². The Morgan fingerprint density at radius 2 is 2.00 bits per heavy atom. The van der Waals surface area contributed by atoms with Crippen molar-refractivity contribution in [2.45, 2.75) is 38.8 Å². The Bertz CT molecular complexity index is 133. The van der Waals surface area contributed by atoms with E-state index in [0.717, 1.165) is 13.0 Å². The van der Waals surface area contributed by atoms with Gasteiger partial charge in [0.15, 0.2) is 0 Å². The topological polar surface area (TPSA) is 35.5 Å². The van der Waals surface area contributed by atoms with Crippen molar-refractivity contribution in [1.29, 1.82) is 0 Å². The van der Waals surface area contributed by atoms with Gasteiger partial charge in [-0.05, 0) is 47.8 Å². The molecule has 0 aromatic rings. The number of aliphatic hydroxyl groups excluding tert-OH is 1. The van der Waals surface area contributed by atoms with E-state index in [0.29, 0.717) is 6.04 Å². The molecule has 0 heterocycles. The van der Waals surface area contributed by atoms with Gasteiger partial charge >= 0.3 is 0 Å². The largest absolute Gasteiger partial charge is 0.394 e. The summed E-state index contributed by atoms with van der Waals surface area (Å²) in [5, 5.41) is 12.3. The molecular formula is C10H24N2O. The molecule has 3 heteroatoms. The molecule has 0 aromatic heterocycles. The molecule has 3 nitrogen and oxygen atoms in total. The quantitative estimate of drug-likeness (QED) is 0.643. The van der Waals surface area contributed by atoms with Gasteiger partial charge < -0.3 is 15.3 Å². The van der Waals surface area contributed by atoms with Crippen LogP contribution in [0.25, 0.3) is 0 Å². The van der Waals surface area contributed by atoms with Crippen molar-refractivity contribution >= 4 is 0 Å². The Morgan fingerprint density at radius 3 is 2.31 bits per heavy atom. The highest BCUT2D eigenvalue weighted by Crippen LogP contribution is 2.09. The van der Waals surface area contributed by atoms with Crippen LogP contribution in [-0.2, 0) is 0 Å². The van der Waals surface area contributed by atoms with E-state index in [-0.39, 0.29) is 12.1 Å². The molecular weight excluding hydrogens is 164 g/mol. The fraction of sp³-hybridized carbons (Fsp3) is 1.00. The van der Waals surface area contributed by atoms with Crippen molar-refractivity contribution in [3.05, 3.63) is 0 Å². The van der Waals surface area contributed by atoms with Crippen LogP contribution in [0, 0.1) is 0 Å². The van der Waals surface area contributed by atoms with Gasteiger partial charge in [0.25, 0.3) is 0 Å². The number of hydrogen-bond donors (Lipinski definition) is 2. The van der Waals surface area contributed by atoms with Crippen LogP contribution >= 0.6 is 0 Å². The molecule has 1 atom stereocenters. The lowest BCUT2D eigenvalue weighted by atomic mass is 9.99. The normalized spacial score (nSPS) is 16.6. The van der Waals surface area contributed by atoms with Crippen LogP contribution in [0.15, 0.2) is 0 Å². The summed E-state index contributed by atoms with van der Waals surface area (Å²) in [6.07, 6.45) is 0.967. The summed E-state index contributed by atoms with van der Waals surface area (Å²) in [5.41, 5.74) is -0.136. The summed E-state index contributed by atoms with van der Waals surface area (Å²) >= 11 is 0. The van der Waals surface area contributed by atoms with Crippen molar-refractivity contribution in [2.24, 2.45) is 0 Å². The van der Waals surface area contributed by atoms with Crippen molar-refractivity contribution in [1.82, 2.24) is 10.2 Å². The van der Waals surface area contributed by atoms with E-state index in [4.69, 9.17) is 5.11 Å². The van der Waals surface area contributed by atoms with Crippen molar-refractivity contribution < 1.29 is 5.11 Å². The average Bonchev–Trinajstić information content (AvgIpc) is 2.13. The number of likely N-dealkylation sites (N-methyl/N-ethyl adjacent to an activating group) is 1. The standard InChI is InChI=1S/C10H24N2O/c1-9(2)12(5)7-6-10(3,8-13)11-4/h9,11,13H,6-8H2,1-5H3. The smallest absolute Gasteiger partial charge is 0.0610 e. The van der Waals surface area contributed by atoms with Crippen LogP contribution < -0.4 is 5.32 Å². The SMILES string of the molecule is CNC(C)(CO)CCN(C)C(C)C. The first-order chi connectivity index (χ1) is 5.95. The molecule has 0 bridgehead atoms. The molecule has 0 aromatic carbocycles. The van der Waals surface area contributed by atoms with Gasteiger partial charge in [0.05, 0.1) is 6.61 Å². The Labute approximate surface area is 82.1 Å². The minimum Gasteiger partial charge on any atom is -0.394 e. The first-order valence-electron chi connectivity index (χ1n) is 4.95. The van der Waals surface area contributed by atoms with Gasteiger partial charge in [-0.2, -0.15) is 0 Å². The van der Waals surface area contributed by atoms with Crippen LogP contribution in [0.4, 0.5) is 0 Å². The fourth-order valence-electron chi connectivity index (χ4n) is 0.964. The molecule has 0 rings (SSSR count). The number of rotatable bonds is 6. The van der Waals surface area contributed by atoms with Gasteiger partial charge in [-0.1, -0.05) is 0 Å². The first kappa shape index (κ1) is 12.9. The third-order valence-electron chi connectivity index (χ3n) is 2.85. The second-order valence-corrected chi connectivity index (χ2v) is 4.29. The minimum atomic E-state index is -0.136. The predicted molar refractivity (Wildman–Crippen MR) is 56.9 cm³/mol. The third kappa shape index (κ3) is 4.60. The summed E-state index contributed by atoms with van der Waals surface area (Å²) < 4.78 is 0. The fourth-order valence-corrected chi connectivity index (χ4v) is 0.964. The van der Waals surface area contributed by atoms with Gasteiger partial charge in [0.2, 0.25) is 0 Å². The van der Waals surface area contributed by atoms with Gasteiger partial charge in [-0.3, -0.25) is 0 Å². The van der Waals surface area contributed by atoms with Crippen LogP contribution in [0.2, 0.25) is 0 Å². The lowest BCUT2D eigenvalue weighted by Gasteiger charge is -2.30. The van der Waals surface area contributed by atoms with Crippen molar-refractivity contribution in [3.63, 3.8) is 0 Å². The Morgan fingerprint density at radius 1 is 1.46 bits per heavy atom. The molecule has 0 aliphatic rings. The molecule has 0 saturated heterocycles. The third-order valence-corrected chi connectivity index (χ3v) is 2.85. The molecule has 0 fully saturated rings. The maximum atomic E-state index is 9.16. The summed E-state index contributed by atoms with van der Waals surface area (Å²) in [5.74, 6) is 0. The van der Waals surface area contributed by atoms with Crippen LogP contribution in [0.5, 0.6) is 0 Å². The summed E-state index contributed by atoms with van der Waals surface area (Å²) in [4.78, 5) is 2.28. The van der Waals surface area contributed by atoms with Crippen LogP contribution in [0.3, 0.4) is 0 Å².